The molecule has 0 saturated carbocycles. The number of hydrogen-bond donors (Lipinski definition) is 2. The standard InChI is InChI=1S/C22H19FN4O3/c1-2-27-21(29)18(25-22(27)30)11-14-12-26(19-6-4-3-5-17(14)19)13-20(28)24-16-9-7-15(23)8-10-16/h3-12H,2,13H2,1H3,(H,24,28)(H,25,30). The van der Waals surface area contributed by atoms with Crippen LogP contribution < -0.4 is 10.6 Å². The molecule has 7 nitrogen and oxygen atoms in total. The number of nitrogens with one attached hydrogen (secondary N) is 2. The van der Waals surface area contributed by atoms with Gasteiger partial charge in [0.15, 0.2) is 0 Å². The van der Waals surface area contributed by atoms with Crippen LogP contribution in [0.5, 0.6) is 0 Å². The molecule has 1 aromatic heterocycles. The molecule has 4 rings (SSSR count). The van der Waals surface area contributed by atoms with Crippen molar-refractivity contribution in [2.24, 2.45) is 0 Å². The first-order valence-electron chi connectivity index (χ1n) is 9.44. The van der Waals surface area contributed by atoms with Gasteiger partial charge in [0.25, 0.3) is 5.91 Å². The molecule has 2 heterocycles. The summed E-state index contributed by atoms with van der Waals surface area (Å²) in [5, 5.41) is 6.16. The van der Waals surface area contributed by atoms with Crippen molar-refractivity contribution in [3.8, 4) is 0 Å². The Hall–Kier alpha value is -3.94. The van der Waals surface area contributed by atoms with Gasteiger partial charge in [-0.05, 0) is 43.3 Å². The van der Waals surface area contributed by atoms with Crippen molar-refractivity contribution < 1.29 is 18.8 Å². The lowest BCUT2D eigenvalue weighted by atomic mass is 10.1. The number of urea groups is 1. The Balaban J connectivity index is 1.62. The minimum atomic E-state index is -0.448. The SMILES string of the molecule is CCN1C(=O)NC(=Cc2cn(CC(=O)Nc3ccc(F)cc3)c3ccccc23)C1=O. The lowest BCUT2D eigenvalue weighted by molar-refractivity contribution is -0.122. The van der Waals surface area contributed by atoms with Gasteiger partial charge in [-0.2, -0.15) is 0 Å². The van der Waals surface area contributed by atoms with Gasteiger partial charge in [-0.15, -0.1) is 0 Å². The van der Waals surface area contributed by atoms with E-state index in [-0.39, 0.29) is 36.4 Å². The first kappa shape index (κ1) is 19.4. The fourth-order valence-electron chi connectivity index (χ4n) is 3.42. The van der Waals surface area contributed by atoms with Crippen LogP contribution >= 0.6 is 0 Å². The Morgan fingerprint density at radius 2 is 1.87 bits per heavy atom. The number of hydrogen-bond acceptors (Lipinski definition) is 3. The predicted octanol–water partition coefficient (Wildman–Crippen LogP) is 3.33. The van der Waals surface area contributed by atoms with E-state index in [9.17, 15) is 18.8 Å². The van der Waals surface area contributed by atoms with E-state index >= 15 is 0 Å². The molecule has 1 aliphatic rings. The van der Waals surface area contributed by atoms with Crippen molar-refractivity contribution in [1.82, 2.24) is 14.8 Å². The van der Waals surface area contributed by atoms with E-state index in [0.29, 0.717) is 11.3 Å². The molecule has 0 radical (unpaired) electrons. The van der Waals surface area contributed by atoms with Crippen LogP contribution in [0, 0.1) is 5.82 Å². The van der Waals surface area contributed by atoms with Gasteiger partial charge in [0.1, 0.15) is 18.1 Å². The highest BCUT2D eigenvalue weighted by Crippen LogP contribution is 2.25. The number of aromatic nitrogens is 1. The summed E-state index contributed by atoms with van der Waals surface area (Å²) in [5.74, 6) is -1.03. The summed E-state index contributed by atoms with van der Waals surface area (Å²) in [5.41, 5.74) is 2.21. The second kappa shape index (κ2) is 7.82. The van der Waals surface area contributed by atoms with Crippen molar-refractivity contribution >= 4 is 40.5 Å². The zero-order valence-electron chi connectivity index (χ0n) is 16.2. The van der Waals surface area contributed by atoms with Gasteiger partial charge >= 0.3 is 6.03 Å². The number of anilines is 1. The molecule has 0 spiro atoms. The number of halogens is 1. The molecule has 0 aliphatic carbocycles. The summed E-state index contributed by atoms with van der Waals surface area (Å²) in [6.07, 6.45) is 3.38. The fourth-order valence-corrected chi connectivity index (χ4v) is 3.42. The topological polar surface area (TPSA) is 83.4 Å². The van der Waals surface area contributed by atoms with Crippen LogP contribution in [0.3, 0.4) is 0 Å². The molecule has 3 aromatic rings. The lowest BCUT2D eigenvalue weighted by Crippen LogP contribution is -2.30. The predicted molar refractivity (Wildman–Crippen MR) is 111 cm³/mol. The molecule has 2 N–H and O–H groups in total. The highest BCUT2D eigenvalue weighted by atomic mass is 19.1. The van der Waals surface area contributed by atoms with Crippen LogP contribution in [-0.2, 0) is 16.1 Å². The highest BCUT2D eigenvalue weighted by Gasteiger charge is 2.32. The molecule has 152 valence electrons. The third-order valence-corrected chi connectivity index (χ3v) is 4.84. The Labute approximate surface area is 171 Å². The van der Waals surface area contributed by atoms with E-state index in [1.807, 2.05) is 24.3 Å². The molecular formula is C22H19FN4O3. The normalized spacial score (nSPS) is 15.1. The number of nitrogens with zero attached hydrogens (tertiary/aromatic N) is 2. The summed E-state index contributed by atoms with van der Waals surface area (Å²) in [6, 6.07) is 12.6. The minimum absolute atomic E-state index is 0.0302. The van der Waals surface area contributed by atoms with Gasteiger partial charge in [-0.25, -0.2) is 9.18 Å². The summed E-state index contributed by atoms with van der Waals surface area (Å²) >= 11 is 0. The van der Waals surface area contributed by atoms with Crippen molar-refractivity contribution in [3.05, 3.63) is 71.8 Å². The molecule has 8 heteroatoms. The third-order valence-electron chi connectivity index (χ3n) is 4.84. The fraction of sp³-hybridized carbons (Fsp3) is 0.136. The Kier molecular flexibility index (Phi) is 5.05. The molecule has 30 heavy (non-hydrogen) atoms. The molecule has 1 aliphatic heterocycles. The summed E-state index contributed by atoms with van der Waals surface area (Å²) < 4.78 is 14.8. The number of para-hydroxylation sites is 1. The maximum atomic E-state index is 13.0. The largest absolute Gasteiger partial charge is 0.337 e. The van der Waals surface area contributed by atoms with Crippen LogP contribution in [0.4, 0.5) is 14.9 Å². The van der Waals surface area contributed by atoms with E-state index in [0.717, 1.165) is 15.8 Å². The summed E-state index contributed by atoms with van der Waals surface area (Å²) in [4.78, 5) is 37.9. The van der Waals surface area contributed by atoms with E-state index in [2.05, 4.69) is 10.6 Å². The number of fused-ring (bicyclic) bond motifs is 1. The summed E-state index contributed by atoms with van der Waals surface area (Å²) in [6.45, 7) is 2.04. The number of likely N-dealkylation sites (N-methyl/N-ethyl adjacent to an activating group) is 1. The van der Waals surface area contributed by atoms with E-state index < -0.39 is 6.03 Å². The maximum absolute atomic E-state index is 13.0. The molecule has 1 fully saturated rings. The number of carbonyl (C=O) groups excluding carboxylic acids is 3. The van der Waals surface area contributed by atoms with Crippen LogP contribution in [0.2, 0.25) is 0 Å². The van der Waals surface area contributed by atoms with Crippen molar-refractivity contribution in [3.63, 3.8) is 0 Å². The zero-order valence-corrected chi connectivity index (χ0v) is 16.2. The Morgan fingerprint density at radius 3 is 2.57 bits per heavy atom. The van der Waals surface area contributed by atoms with Crippen molar-refractivity contribution in [2.75, 3.05) is 11.9 Å². The molecule has 0 bridgehead atoms. The summed E-state index contributed by atoms with van der Waals surface area (Å²) in [7, 11) is 0. The van der Waals surface area contributed by atoms with Crippen molar-refractivity contribution in [2.45, 2.75) is 13.5 Å². The molecule has 2 aromatic carbocycles. The quantitative estimate of drug-likeness (QED) is 0.504. The molecule has 0 atom stereocenters. The van der Waals surface area contributed by atoms with E-state index in [1.54, 1.807) is 23.8 Å². The van der Waals surface area contributed by atoms with Gasteiger partial charge in [-0.1, -0.05) is 18.2 Å². The molecular weight excluding hydrogens is 387 g/mol. The maximum Gasteiger partial charge on any atom is 0.328 e. The molecule has 0 unspecified atom stereocenters. The average molecular weight is 406 g/mol. The van der Waals surface area contributed by atoms with Gasteiger partial charge < -0.3 is 15.2 Å². The van der Waals surface area contributed by atoms with E-state index in [1.165, 1.54) is 24.3 Å². The Morgan fingerprint density at radius 1 is 1.13 bits per heavy atom. The minimum Gasteiger partial charge on any atom is -0.337 e. The van der Waals surface area contributed by atoms with Crippen molar-refractivity contribution in [1.29, 1.82) is 0 Å². The number of benzene rings is 2. The van der Waals surface area contributed by atoms with Crippen LogP contribution in [0.1, 0.15) is 12.5 Å². The van der Waals surface area contributed by atoms with Gasteiger partial charge in [0, 0.05) is 34.9 Å². The van der Waals surface area contributed by atoms with Crippen LogP contribution in [0.15, 0.2) is 60.4 Å². The second-order valence-corrected chi connectivity index (χ2v) is 6.82. The monoisotopic (exact) mass is 406 g/mol. The number of rotatable bonds is 5. The highest BCUT2D eigenvalue weighted by molar-refractivity contribution is 6.14. The molecule has 4 amide bonds. The van der Waals surface area contributed by atoms with Gasteiger partial charge in [0.05, 0.1) is 0 Å². The third kappa shape index (κ3) is 3.67. The van der Waals surface area contributed by atoms with Gasteiger partial charge in [-0.3, -0.25) is 14.5 Å². The second-order valence-electron chi connectivity index (χ2n) is 6.82. The lowest BCUT2D eigenvalue weighted by Gasteiger charge is -2.07. The number of imide groups is 1. The van der Waals surface area contributed by atoms with E-state index in [4.69, 9.17) is 0 Å². The van der Waals surface area contributed by atoms with Crippen LogP contribution in [-0.4, -0.2) is 33.9 Å². The molecule has 1 saturated heterocycles. The first-order chi connectivity index (χ1) is 14.5. The number of amides is 4. The zero-order chi connectivity index (χ0) is 21.3. The average Bonchev–Trinajstić information content (AvgIpc) is 3.20. The first-order valence-corrected chi connectivity index (χ1v) is 9.44. The smallest absolute Gasteiger partial charge is 0.328 e. The van der Waals surface area contributed by atoms with Crippen LogP contribution in [0.25, 0.3) is 17.0 Å². The van der Waals surface area contributed by atoms with Gasteiger partial charge in [0.2, 0.25) is 5.91 Å². The number of carbonyl (C=O) groups is 3. The Bertz CT molecular complexity index is 1180.